The molecule has 1 amide bonds. The van der Waals surface area contributed by atoms with Crippen molar-refractivity contribution in [3.63, 3.8) is 0 Å². The van der Waals surface area contributed by atoms with Crippen LogP contribution in [-0.4, -0.2) is 35.0 Å². The number of hydrogen-bond donors (Lipinski definition) is 1. The number of carbonyl (C=O) groups is 2. The Labute approximate surface area is 95.7 Å². The van der Waals surface area contributed by atoms with E-state index in [-0.39, 0.29) is 24.7 Å². The summed E-state index contributed by atoms with van der Waals surface area (Å²) in [5.41, 5.74) is 0. The first kappa shape index (κ1) is 14.4. The van der Waals surface area contributed by atoms with Crippen molar-refractivity contribution in [3.8, 4) is 6.07 Å². The summed E-state index contributed by atoms with van der Waals surface area (Å²) >= 11 is 0. The average Bonchev–Trinajstić information content (AvgIpc) is 2.17. The standard InChI is InChI=1S/C11H18N2O3/c1-3-13(6-4-5-12)10(14)7-9(2)8-11(15)16/h9H,3-4,6-8H2,1-2H3,(H,15,16). The Kier molecular flexibility index (Phi) is 6.93. The molecule has 0 aliphatic rings. The minimum atomic E-state index is -0.889. The van der Waals surface area contributed by atoms with Crippen LogP contribution in [0.15, 0.2) is 0 Å². The molecule has 0 radical (unpaired) electrons. The second kappa shape index (κ2) is 7.69. The van der Waals surface area contributed by atoms with Crippen LogP contribution in [0.25, 0.3) is 0 Å². The van der Waals surface area contributed by atoms with Gasteiger partial charge in [0, 0.05) is 25.9 Å². The smallest absolute Gasteiger partial charge is 0.303 e. The molecule has 5 heteroatoms. The van der Waals surface area contributed by atoms with Crippen molar-refractivity contribution < 1.29 is 14.7 Å². The number of amides is 1. The Bertz CT molecular complexity index is 283. The molecule has 0 saturated heterocycles. The fourth-order valence-corrected chi connectivity index (χ4v) is 1.44. The maximum atomic E-state index is 11.7. The lowest BCUT2D eigenvalue weighted by atomic mass is 10.0. The van der Waals surface area contributed by atoms with Gasteiger partial charge in [0.05, 0.1) is 12.5 Å². The molecule has 0 spiro atoms. The Balaban J connectivity index is 4.10. The summed E-state index contributed by atoms with van der Waals surface area (Å²) in [4.78, 5) is 23.7. The zero-order chi connectivity index (χ0) is 12.6. The second-order valence-corrected chi connectivity index (χ2v) is 3.79. The zero-order valence-corrected chi connectivity index (χ0v) is 9.77. The highest BCUT2D eigenvalue weighted by atomic mass is 16.4. The van der Waals surface area contributed by atoms with E-state index in [0.717, 1.165) is 0 Å². The molecule has 0 aliphatic heterocycles. The van der Waals surface area contributed by atoms with E-state index >= 15 is 0 Å². The van der Waals surface area contributed by atoms with Crippen LogP contribution >= 0.6 is 0 Å². The second-order valence-electron chi connectivity index (χ2n) is 3.79. The van der Waals surface area contributed by atoms with Crippen LogP contribution < -0.4 is 0 Å². The molecule has 90 valence electrons. The van der Waals surface area contributed by atoms with E-state index in [0.29, 0.717) is 19.5 Å². The summed E-state index contributed by atoms with van der Waals surface area (Å²) in [7, 11) is 0. The molecule has 0 fully saturated rings. The summed E-state index contributed by atoms with van der Waals surface area (Å²) < 4.78 is 0. The van der Waals surface area contributed by atoms with Crippen LogP contribution in [0.4, 0.5) is 0 Å². The lowest BCUT2D eigenvalue weighted by Gasteiger charge is -2.21. The molecule has 0 bridgehead atoms. The van der Waals surface area contributed by atoms with Gasteiger partial charge in [-0.2, -0.15) is 5.26 Å². The van der Waals surface area contributed by atoms with E-state index in [1.807, 2.05) is 13.0 Å². The van der Waals surface area contributed by atoms with Gasteiger partial charge in [-0.25, -0.2) is 0 Å². The SMILES string of the molecule is CCN(CCC#N)C(=O)CC(C)CC(=O)O. The van der Waals surface area contributed by atoms with Crippen LogP contribution in [-0.2, 0) is 9.59 Å². The highest BCUT2D eigenvalue weighted by Gasteiger charge is 2.16. The van der Waals surface area contributed by atoms with Crippen molar-refractivity contribution in [2.24, 2.45) is 5.92 Å². The zero-order valence-electron chi connectivity index (χ0n) is 9.77. The largest absolute Gasteiger partial charge is 0.481 e. The molecular weight excluding hydrogens is 208 g/mol. The highest BCUT2D eigenvalue weighted by Crippen LogP contribution is 2.10. The fraction of sp³-hybridized carbons (Fsp3) is 0.727. The highest BCUT2D eigenvalue weighted by molar-refractivity contribution is 5.77. The van der Waals surface area contributed by atoms with E-state index in [4.69, 9.17) is 10.4 Å². The van der Waals surface area contributed by atoms with Crippen molar-refractivity contribution in [2.45, 2.75) is 33.1 Å². The Morgan fingerprint density at radius 2 is 2.06 bits per heavy atom. The normalized spacial score (nSPS) is 11.6. The van der Waals surface area contributed by atoms with E-state index in [1.54, 1.807) is 11.8 Å². The molecule has 5 nitrogen and oxygen atoms in total. The summed E-state index contributed by atoms with van der Waals surface area (Å²) in [6.07, 6.45) is 0.542. The summed E-state index contributed by atoms with van der Waals surface area (Å²) in [5, 5.41) is 17.0. The van der Waals surface area contributed by atoms with Crippen molar-refractivity contribution in [1.29, 1.82) is 5.26 Å². The van der Waals surface area contributed by atoms with Gasteiger partial charge in [0.25, 0.3) is 0 Å². The molecule has 0 saturated carbocycles. The number of carboxylic acids is 1. The van der Waals surface area contributed by atoms with Gasteiger partial charge < -0.3 is 10.0 Å². The predicted molar refractivity (Wildman–Crippen MR) is 58.5 cm³/mol. The monoisotopic (exact) mass is 226 g/mol. The van der Waals surface area contributed by atoms with Gasteiger partial charge in [-0.1, -0.05) is 6.92 Å². The van der Waals surface area contributed by atoms with E-state index < -0.39 is 5.97 Å². The summed E-state index contributed by atoms with van der Waals surface area (Å²) in [6, 6.07) is 1.98. The summed E-state index contributed by atoms with van der Waals surface area (Å²) in [5.74, 6) is -1.13. The number of carboxylic acid groups (broad SMARTS) is 1. The molecule has 0 heterocycles. The van der Waals surface area contributed by atoms with Gasteiger partial charge in [-0.3, -0.25) is 9.59 Å². The minimum Gasteiger partial charge on any atom is -0.481 e. The van der Waals surface area contributed by atoms with Crippen LogP contribution in [0, 0.1) is 17.2 Å². The van der Waals surface area contributed by atoms with Gasteiger partial charge in [0.2, 0.25) is 5.91 Å². The molecule has 0 aliphatic carbocycles. The third-order valence-corrected chi connectivity index (χ3v) is 2.27. The first-order valence-electron chi connectivity index (χ1n) is 5.37. The quantitative estimate of drug-likeness (QED) is 0.708. The van der Waals surface area contributed by atoms with Gasteiger partial charge >= 0.3 is 5.97 Å². The van der Waals surface area contributed by atoms with E-state index in [2.05, 4.69) is 0 Å². The topological polar surface area (TPSA) is 81.4 Å². The van der Waals surface area contributed by atoms with Gasteiger partial charge in [0.1, 0.15) is 0 Å². The molecule has 16 heavy (non-hydrogen) atoms. The molecular formula is C11H18N2O3. The van der Waals surface area contributed by atoms with Crippen molar-refractivity contribution in [2.75, 3.05) is 13.1 Å². The predicted octanol–water partition coefficient (Wildman–Crippen LogP) is 1.25. The van der Waals surface area contributed by atoms with Crippen LogP contribution in [0.3, 0.4) is 0 Å². The molecule has 0 rings (SSSR count). The lowest BCUT2D eigenvalue weighted by Crippen LogP contribution is -2.32. The Hall–Kier alpha value is -1.57. The van der Waals surface area contributed by atoms with Gasteiger partial charge in [-0.15, -0.1) is 0 Å². The van der Waals surface area contributed by atoms with Crippen molar-refractivity contribution >= 4 is 11.9 Å². The first-order chi connectivity index (χ1) is 7.51. The number of carbonyl (C=O) groups excluding carboxylic acids is 1. The lowest BCUT2D eigenvalue weighted by molar-refractivity contribution is -0.138. The van der Waals surface area contributed by atoms with E-state index in [9.17, 15) is 9.59 Å². The fourth-order valence-electron chi connectivity index (χ4n) is 1.44. The number of nitrogens with zero attached hydrogens (tertiary/aromatic N) is 2. The first-order valence-corrected chi connectivity index (χ1v) is 5.37. The number of rotatable bonds is 7. The van der Waals surface area contributed by atoms with Gasteiger partial charge in [-0.05, 0) is 12.8 Å². The van der Waals surface area contributed by atoms with Crippen LogP contribution in [0.5, 0.6) is 0 Å². The average molecular weight is 226 g/mol. The summed E-state index contributed by atoms with van der Waals surface area (Å²) in [6.45, 7) is 4.56. The maximum absolute atomic E-state index is 11.7. The molecule has 1 N–H and O–H groups in total. The third-order valence-electron chi connectivity index (χ3n) is 2.27. The maximum Gasteiger partial charge on any atom is 0.303 e. The van der Waals surface area contributed by atoms with Crippen LogP contribution in [0.1, 0.15) is 33.1 Å². The Morgan fingerprint density at radius 3 is 2.50 bits per heavy atom. The molecule has 1 unspecified atom stereocenters. The Morgan fingerprint density at radius 1 is 1.44 bits per heavy atom. The minimum absolute atomic E-state index is 0.00153. The van der Waals surface area contributed by atoms with Crippen molar-refractivity contribution in [1.82, 2.24) is 4.90 Å². The van der Waals surface area contributed by atoms with Gasteiger partial charge in [0.15, 0.2) is 0 Å². The van der Waals surface area contributed by atoms with E-state index in [1.165, 1.54) is 0 Å². The molecule has 0 aromatic rings. The number of nitriles is 1. The molecule has 0 aromatic carbocycles. The number of aliphatic carboxylic acids is 1. The van der Waals surface area contributed by atoms with Crippen LogP contribution in [0.2, 0.25) is 0 Å². The molecule has 1 atom stereocenters. The van der Waals surface area contributed by atoms with Crippen molar-refractivity contribution in [3.05, 3.63) is 0 Å². The number of hydrogen-bond acceptors (Lipinski definition) is 3. The molecule has 0 aromatic heterocycles. The third kappa shape index (κ3) is 6.02.